The smallest absolute Gasteiger partial charge is 0.0994 e. The molecular formula is C26H24Cl3N3O. The molecule has 3 aromatic carbocycles. The van der Waals surface area contributed by atoms with E-state index in [0.717, 1.165) is 29.9 Å². The van der Waals surface area contributed by atoms with Gasteiger partial charge in [0.2, 0.25) is 0 Å². The van der Waals surface area contributed by atoms with Gasteiger partial charge in [0.25, 0.3) is 0 Å². The van der Waals surface area contributed by atoms with Crippen molar-refractivity contribution in [2.24, 2.45) is 0 Å². The molecule has 2 atom stereocenters. The predicted octanol–water partition coefficient (Wildman–Crippen LogP) is 6.29. The number of hydrogen-bond acceptors (Lipinski definition) is 4. The fourth-order valence-electron chi connectivity index (χ4n) is 4.39. The lowest BCUT2D eigenvalue weighted by molar-refractivity contribution is 0.0103. The minimum Gasteiger partial charge on any atom is -0.384 e. The van der Waals surface area contributed by atoms with Gasteiger partial charge in [-0.05, 0) is 60.5 Å². The van der Waals surface area contributed by atoms with Crippen LogP contribution in [0.25, 0.3) is 0 Å². The molecule has 33 heavy (non-hydrogen) atoms. The normalized spacial score (nSPS) is 18.5. The summed E-state index contributed by atoms with van der Waals surface area (Å²) < 4.78 is 0. The molecule has 7 heteroatoms. The van der Waals surface area contributed by atoms with E-state index in [4.69, 9.17) is 34.8 Å². The average molecular weight is 501 g/mol. The van der Waals surface area contributed by atoms with Crippen LogP contribution in [-0.4, -0.2) is 36.2 Å². The number of rotatable bonds is 5. The molecule has 0 radical (unpaired) electrons. The molecular weight excluding hydrogens is 477 g/mol. The molecule has 0 unspecified atom stereocenters. The third-order valence-corrected chi connectivity index (χ3v) is 6.91. The molecule has 0 bridgehead atoms. The van der Waals surface area contributed by atoms with Crippen molar-refractivity contribution in [2.75, 3.05) is 31.1 Å². The summed E-state index contributed by atoms with van der Waals surface area (Å²) in [6, 6.07) is 22.7. The van der Waals surface area contributed by atoms with E-state index in [2.05, 4.69) is 15.9 Å². The molecule has 1 saturated heterocycles. The van der Waals surface area contributed by atoms with Crippen molar-refractivity contribution in [1.82, 2.24) is 4.90 Å². The first-order valence-electron chi connectivity index (χ1n) is 10.7. The minimum absolute atomic E-state index is 0.00229. The maximum atomic E-state index is 11.2. The van der Waals surface area contributed by atoms with Gasteiger partial charge in [-0.15, -0.1) is 0 Å². The fraction of sp³-hybridized carbons (Fsp3) is 0.269. The lowest BCUT2D eigenvalue weighted by atomic mass is 9.94. The van der Waals surface area contributed by atoms with Crippen LogP contribution in [0.4, 0.5) is 5.69 Å². The molecule has 1 N–H and O–H groups in total. The topological polar surface area (TPSA) is 50.5 Å². The molecule has 170 valence electrons. The zero-order valence-corrected chi connectivity index (χ0v) is 20.4. The van der Waals surface area contributed by atoms with Crippen LogP contribution in [-0.2, 0) is 5.60 Å². The summed E-state index contributed by atoms with van der Waals surface area (Å²) in [5, 5.41) is 22.3. The third kappa shape index (κ3) is 5.46. The number of nitriles is 1. The van der Waals surface area contributed by atoms with Gasteiger partial charge in [0.15, 0.2) is 0 Å². The largest absolute Gasteiger partial charge is 0.384 e. The second-order valence-corrected chi connectivity index (χ2v) is 9.83. The molecule has 1 fully saturated rings. The molecule has 0 aliphatic carbocycles. The summed E-state index contributed by atoms with van der Waals surface area (Å²) >= 11 is 18.7. The summed E-state index contributed by atoms with van der Waals surface area (Å²) in [5.41, 5.74) is 2.33. The molecule has 0 spiro atoms. The molecule has 1 aliphatic rings. The Hall–Kier alpha value is -2.26. The third-order valence-electron chi connectivity index (χ3n) is 6.10. The van der Waals surface area contributed by atoms with Crippen LogP contribution < -0.4 is 4.90 Å². The highest BCUT2D eigenvalue weighted by molar-refractivity contribution is 6.33. The first kappa shape index (κ1) is 23.9. The Balaban J connectivity index is 1.62. The van der Waals surface area contributed by atoms with Gasteiger partial charge in [-0.3, -0.25) is 4.90 Å². The van der Waals surface area contributed by atoms with Gasteiger partial charge in [0.05, 0.1) is 34.0 Å². The number of nitrogens with zero attached hydrogens (tertiary/aromatic N) is 3. The number of piperazine rings is 1. The number of anilines is 1. The molecule has 0 amide bonds. The lowest BCUT2D eigenvalue weighted by Crippen LogP contribution is -2.52. The van der Waals surface area contributed by atoms with Gasteiger partial charge in [-0.2, -0.15) is 5.26 Å². The number of halogens is 3. The number of β-amino-alcohol motifs (C(OH)–C–C–N with tert-alkyl or cyclic N) is 1. The quantitative estimate of drug-likeness (QED) is 0.447. The molecule has 1 aliphatic heterocycles. The standard InChI is InChI=1S/C26H24Cl3N3O/c1-26(33,20-5-9-22(28)10-6-20)17-31-12-13-32(24-11-2-18(15-30)14-23(24)29)25(16-31)19-3-7-21(27)8-4-19/h2-11,14,25,33H,12-13,16-17H2,1H3/t25-,26+/m0/s1. The maximum absolute atomic E-state index is 11.2. The van der Waals surface area contributed by atoms with Crippen LogP contribution in [0.3, 0.4) is 0 Å². The Bertz CT molecular complexity index is 1160. The van der Waals surface area contributed by atoms with Crippen molar-refractivity contribution in [1.29, 1.82) is 5.26 Å². The second kappa shape index (κ2) is 9.93. The van der Waals surface area contributed by atoms with E-state index < -0.39 is 5.60 Å². The fourth-order valence-corrected chi connectivity index (χ4v) is 4.93. The van der Waals surface area contributed by atoms with E-state index in [9.17, 15) is 10.4 Å². The van der Waals surface area contributed by atoms with Crippen LogP contribution >= 0.6 is 34.8 Å². The van der Waals surface area contributed by atoms with Gasteiger partial charge < -0.3 is 10.0 Å². The van der Waals surface area contributed by atoms with Gasteiger partial charge in [-0.1, -0.05) is 59.1 Å². The molecule has 1 heterocycles. The zero-order valence-electron chi connectivity index (χ0n) is 18.2. The Morgan fingerprint density at radius 3 is 2.21 bits per heavy atom. The van der Waals surface area contributed by atoms with Crippen molar-refractivity contribution in [2.45, 2.75) is 18.6 Å². The highest BCUT2D eigenvalue weighted by Crippen LogP contribution is 2.37. The number of benzene rings is 3. The molecule has 4 nitrogen and oxygen atoms in total. The van der Waals surface area contributed by atoms with Crippen LogP contribution in [0.1, 0.15) is 29.7 Å². The Morgan fingerprint density at radius 1 is 0.970 bits per heavy atom. The highest BCUT2D eigenvalue weighted by Gasteiger charge is 2.34. The van der Waals surface area contributed by atoms with Crippen molar-refractivity contribution < 1.29 is 5.11 Å². The van der Waals surface area contributed by atoms with Crippen molar-refractivity contribution in [3.63, 3.8) is 0 Å². The van der Waals surface area contributed by atoms with E-state index >= 15 is 0 Å². The van der Waals surface area contributed by atoms with E-state index in [1.807, 2.05) is 49.4 Å². The monoisotopic (exact) mass is 499 g/mol. The Labute approximate surface area is 209 Å². The number of hydrogen-bond donors (Lipinski definition) is 1. The molecule has 0 saturated carbocycles. The first-order valence-corrected chi connectivity index (χ1v) is 11.8. The molecule has 4 rings (SSSR count). The molecule has 0 aromatic heterocycles. The van der Waals surface area contributed by atoms with Gasteiger partial charge >= 0.3 is 0 Å². The van der Waals surface area contributed by atoms with Crippen LogP contribution in [0, 0.1) is 11.3 Å². The summed E-state index contributed by atoms with van der Waals surface area (Å²) in [7, 11) is 0. The Morgan fingerprint density at radius 2 is 1.61 bits per heavy atom. The Kier molecular flexibility index (Phi) is 7.19. The van der Waals surface area contributed by atoms with E-state index in [1.165, 1.54) is 0 Å². The SMILES string of the molecule is C[C@@](O)(CN1CCN(c2ccc(C#N)cc2Cl)[C@H](c2ccc(Cl)cc2)C1)c1ccc(Cl)cc1. The van der Waals surface area contributed by atoms with Gasteiger partial charge in [0, 0.05) is 36.2 Å². The van der Waals surface area contributed by atoms with Crippen molar-refractivity contribution in [3.8, 4) is 6.07 Å². The summed E-state index contributed by atoms with van der Waals surface area (Å²) in [6.45, 7) is 4.48. The lowest BCUT2D eigenvalue weighted by Gasteiger charge is -2.45. The summed E-state index contributed by atoms with van der Waals surface area (Å²) in [5.74, 6) is 0. The maximum Gasteiger partial charge on any atom is 0.0994 e. The second-order valence-electron chi connectivity index (χ2n) is 8.55. The average Bonchev–Trinajstić information content (AvgIpc) is 2.80. The highest BCUT2D eigenvalue weighted by atomic mass is 35.5. The van der Waals surface area contributed by atoms with E-state index in [1.54, 1.807) is 24.3 Å². The van der Waals surface area contributed by atoms with Crippen molar-refractivity contribution in [3.05, 3.63) is 98.5 Å². The van der Waals surface area contributed by atoms with Gasteiger partial charge in [0.1, 0.15) is 0 Å². The van der Waals surface area contributed by atoms with Crippen LogP contribution in [0.2, 0.25) is 15.1 Å². The van der Waals surface area contributed by atoms with Crippen LogP contribution in [0.15, 0.2) is 66.7 Å². The predicted molar refractivity (Wildman–Crippen MR) is 135 cm³/mol. The minimum atomic E-state index is -1.02. The first-order chi connectivity index (χ1) is 15.8. The van der Waals surface area contributed by atoms with Gasteiger partial charge in [-0.25, -0.2) is 0 Å². The molecule has 3 aromatic rings. The van der Waals surface area contributed by atoms with Crippen LogP contribution in [0.5, 0.6) is 0 Å². The van der Waals surface area contributed by atoms with Crippen molar-refractivity contribution >= 4 is 40.5 Å². The summed E-state index contributed by atoms with van der Waals surface area (Å²) in [6.07, 6.45) is 0. The number of aliphatic hydroxyl groups is 1. The zero-order chi connectivity index (χ0) is 23.6. The van der Waals surface area contributed by atoms with E-state index in [0.29, 0.717) is 33.7 Å². The summed E-state index contributed by atoms with van der Waals surface area (Å²) in [4.78, 5) is 4.53. The van der Waals surface area contributed by atoms with E-state index in [-0.39, 0.29) is 6.04 Å².